The number of nitrogens with zero attached hydrogens (tertiary/aromatic N) is 2. The molecule has 4 rings (SSSR count). The van der Waals surface area contributed by atoms with Crippen LogP contribution in [0.1, 0.15) is 31.2 Å². The van der Waals surface area contributed by atoms with Crippen molar-refractivity contribution in [1.29, 1.82) is 0 Å². The fraction of sp³-hybridized carbons (Fsp3) is 0.167. The van der Waals surface area contributed by atoms with E-state index in [0.29, 0.717) is 37.7 Å². The van der Waals surface area contributed by atoms with Gasteiger partial charge in [0.1, 0.15) is 10.6 Å². The number of carbonyl (C=O) groups is 2. The van der Waals surface area contributed by atoms with Crippen molar-refractivity contribution in [2.24, 2.45) is 0 Å². The monoisotopic (exact) mass is 447 g/mol. The minimum Gasteiger partial charge on any atom is -0.495 e. The maximum Gasteiger partial charge on any atom is 0.266 e. The van der Waals surface area contributed by atoms with Crippen LogP contribution in [0, 0.1) is 13.8 Å². The number of thiophene rings is 1. The standard InChI is InChI=1S/C24H21N3O4S/c1-14-8-10-16(11-9-14)18(28)12-27-13-25-23-20(24(27)30)15(2)21(32-23)22(29)26-17-6-4-5-7-19(17)31-3/h4-11,13H,12H2,1-3H3,(H,26,29). The number of ketones is 1. The molecule has 0 radical (unpaired) electrons. The predicted octanol–water partition coefficient (Wildman–Crippen LogP) is 4.22. The van der Waals surface area contributed by atoms with E-state index in [2.05, 4.69) is 10.3 Å². The number of rotatable bonds is 6. The number of aromatic nitrogens is 2. The summed E-state index contributed by atoms with van der Waals surface area (Å²) in [5, 5.41) is 3.17. The molecule has 0 bridgehead atoms. The molecule has 0 fully saturated rings. The average molecular weight is 448 g/mol. The molecule has 32 heavy (non-hydrogen) atoms. The van der Waals surface area contributed by atoms with Gasteiger partial charge in [0.25, 0.3) is 11.5 Å². The lowest BCUT2D eigenvalue weighted by atomic mass is 10.1. The summed E-state index contributed by atoms with van der Waals surface area (Å²) in [6.07, 6.45) is 1.36. The summed E-state index contributed by atoms with van der Waals surface area (Å²) in [6.45, 7) is 3.53. The Morgan fingerprint density at radius 3 is 2.53 bits per heavy atom. The molecule has 162 valence electrons. The quantitative estimate of drug-likeness (QED) is 0.447. The molecule has 7 nitrogen and oxygen atoms in total. The number of amides is 1. The number of ether oxygens (including phenoxy) is 1. The first-order valence-corrected chi connectivity index (χ1v) is 10.7. The van der Waals surface area contributed by atoms with Gasteiger partial charge in [-0.25, -0.2) is 4.98 Å². The van der Waals surface area contributed by atoms with Crippen molar-refractivity contribution < 1.29 is 14.3 Å². The number of fused-ring (bicyclic) bond motifs is 1. The van der Waals surface area contributed by atoms with Crippen LogP contribution in [0.4, 0.5) is 5.69 Å². The SMILES string of the molecule is COc1ccccc1NC(=O)c1sc2ncn(CC(=O)c3ccc(C)cc3)c(=O)c2c1C. The van der Waals surface area contributed by atoms with Crippen molar-refractivity contribution >= 4 is 38.9 Å². The van der Waals surface area contributed by atoms with Crippen molar-refractivity contribution in [1.82, 2.24) is 9.55 Å². The van der Waals surface area contributed by atoms with Gasteiger partial charge in [0.05, 0.1) is 35.9 Å². The van der Waals surface area contributed by atoms with Gasteiger partial charge in [0.2, 0.25) is 0 Å². The third-order valence-electron chi connectivity index (χ3n) is 5.17. The van der Waals surface area contributed by atoms with E-state index in [-0.39, 0.29) is 23.8 Å². The van der Waals surface area contributed by atoms with Crippen molar-refractivity contribution in [3.8, 4) is 5.75 Å². The number of nitrogens with one attached hydrogen (secondary N) is 1. The molecule has 0 aliphatic rings. The zero-order chi connectivity index (χ0) is 22.8. The van der Waals surface area contributed by atoms with E-state index < -0.39 is 0 Å². The van der Waals surface area contributed by atoms with Crippen molar-refractivity contribution in [3.63, 3.8) is 0 Å². The molecule has 0 aliphatic carbocycles. The first-order valence-electron chi connectivity index (χ1n) is 9.92. The van der Waals surface area contributed by atoms with E-state index in [4.69, 9.17) is 4.74 Å². The predicted molar refractivity (Wildman–Crippen MR) is 125 cm³/mol. The summed E-state index contributed by atoms with van der Waals surface area (Å²) in [4.78, 5) is 43.8. The molecular formula is C24H21N3O4S. The van der Waals surface area contributed by atoms with Gasteiger partial charge in [-0.05, 0) is 31.5 Å². The maximum atomic E-state index is 13.1. The Labute approximate surface area is 188 Å². The van der Waals surface area contributed by atoms with Crippen LogP contribution in [0.3, 0.4) is 0 Å². The molecule has 4 aromatic rings. The number of Topliss-reactive ketones (excluding diaryl/α,β-unsaturated/α-hetero) is 1. The minimum atomic E-state index is -0.350. The van der Waals surface area contributed by atoms with E-state index in [1.165, 1.54) is 18.0 Å². The molecule has 0 spiro atoms. The highest BCUT2D eigenvalue weighted by atomic mass is 32.1. The Bertz CT molecular complexity index is 1390. The van der Waals surface area contributed by atoms with Gasteiger partial charge in [-0.1, -0.05) is 42.0 Å². The van der Waals surface area contributed by atoms with Crippen LogP contribution in [0.2, 0.25) is 0 Å². The molecule has 0 atom stereocenters. The van der Waals surface area contributed by atoms with Gasteiger partial charge in [-0.2, -0.15) is 0 Å². The van der Waals surface area contributed by atoms with E-state index in [9.17, 15) is 14.4 Å². The summed E-state index contributed by atoms with van der Waals surface area (Å²) >= 11 is 1.14. The van der Waals surface area contributed by atoms with Gasteiger partial charge in [-0.3, -0.25) is 19.0 Å². The Morgan fingerprint density at radius 2 is 1.81 bits per heavy atom. The highest BCUT2D eigenvalue weighted by Gasteiger charge is 2.21. The first kappa shape index (κ1) is 21.5. The van der Waals surface area contributed by atoms with Crippen molar-refractivity contribution in [3.05, 3.63) is 86.8 Å². The first-order chi connectivity index (χ1) is 15.4. The average Bonchev–Trinajstić information content (AvgIpc) is 3.13. The van der Waals surface area contributed by atoms with Crippen LogP contribution in [-0.2, 0) is 6.54 Å². The van der Waals surface area contributed by atoms with Crippen molar-refractivity contribution in [2.45, 2.75) is 20.4 Å². The summed E-state index contributed by atoms with van der Waals surface area (Å²) in [5.41, 5.74) is 2.30. The molecule has 0 aliphatic heterocycles. The van der Waals surface area contributed by atoms with Gasteiger partial charge < -0.3 is 10.1 Å². The van der Waals surface area contributed by atoms with E-state index in [0.717, 1.165) is 16.9 Å². The molecule has 0 saturated carbocycles. The normalized spacial score (nSPS) is 10.8. The van der Waals surface area contributed by atoms with Gasteiger partial charge in [-0.15, -0.1) is 11.3 Å². The number of methoxy groups -OCH3 is 1. The molecule has 2 heterocycles. The number of hydrogen-bond donors (Lipinski definition) is 1. The zero-order valence-corrected chi connectivity index (χ0v) is 18.7. The van der Waals surface area contributed by atoms with Gasteiger partial charge >= 0.3 is 0 Å². The highest BCUT2D eigenvalue weighted by molar-refractivity contribution is 7.20. The van der Waals surface area contributed by atoms with Crippen LogP contribution in [-0.4, -0.2) is 28.4 Å². The fourth-order valence-electron chi connectivity index (χ4n) is 3.40. The van der Waals surface area contributed by atoms with Crippen LogP contribution < -0.4 is 15.6 Å². The Morgan fingerprint density at radius 1 is 1.09 bits per heavy atom. The number of anilines is 1. The third-order valence-corrected chi connectivity index (χ3v) is 6.36. The Kier molecular flexibility index (Phi) is 5.87. The summed E-state index contributed by atoms with van der Waals surface area (Å²) in [6, 6.07) is 14.3. The topological polar surface area (TPSA) is 90.3 Å². The van der Waals surface area contributed by atoms with Crippen molar-refractivity contribution in [2.75, 3.05) is 12.4 Å². The third kappa shape index (κ3) is 4.04. The lowest BCUT2D eigenvalue weighted by molar-refractivity contribution is 0.0969. The smallest absolute Gasteiger partial charge is 0.266 e. The molecule has 0 saturated heterocycles. The fourth-order valence-corrected chi connectivity index (χ4v) is 4.44. The van der Waals surface area contributed by atoms with Gasteiger partial charge in [0.15, 0.2) is 5.78 Å². The molecule has 2 aromatic heterocycles. The lowest BCUT2D eigenvalue weighted by Crippen LogP contribution is -2.24. The van der Waals surface area contributed by atoms with Crippen LogP contribution in [0.15, 0.2) is 59.7 Å². The second kappa shape index (κ2) is 8.76. The molecule has 1 amide bonds. The number of benzene rings is 2. The molecule has 1 N–H and O–H groups in total. The summed E-state index contributed by atoms with van der Waals surface area (Å²) < 4.78 is 6.56. The highest BCUT2D eigenvalue weighted by Crippen LogP contribution is 2.29. The molecule has 0 unspecified atom stereocenters. The number of carbonyl (C=O) groups excluding carboxylic acids is 2. The minimum absolute atomic E-state index is 0.122. The Balaban J connectivity index is 1.65. The van der Waals surface area contributed by atoms with E-state index in [1.807, 2.05) is 25.1 Å². The van der Waals surface area contributed by atoms with Gasteiger partial charge in [0, 0.05) is 5.56 Å². The number of hydrogen-bond acceptors (Lipinski definition) is 6. The second-order valence-corrected chi connectivity index (χ2v) is 8.36. The number of para-hydroxylation sites is 2. The van der Waals surface area contributed by atoms with E-state index in [1.54, 1.807) is 37.3 Å². The molecular weight excluding hydrogens is 426 g/mol. The molecule has 8 heteroatoms. The number of aryl methyl sites for hydroxylation is 2. The summed E-state index contributed by atoms with van der Waals surface area (Å²) in [7, 11) is 1.53. The van der Waals surface area contributed by atoms with E-state index >= 15 is 0 Å². The van der Waals surface area contributed by atoms with Crippen LogP contribution >= 0.6 is 11.3 Å². The summed E-state index contributed by atoms with van der Waals surface area (Å²) in [5.74, 6) is 0.00154. The maximum absolute atomic E-state index is 13.1. The lowest BCUT2D eigenvalue weighted by Gasteiger charge is -2.09. The Hall–Kier alpha value is -3.78. The van der Waals surface area contributed by atoms with Crippen LogP contribution in [0.25, 0.3) is 10.2 Å². The molecule has 2 aromatic carbocycles. The van der Waals surface area contributed by atoms with Crippen LogP contribution in [0.5, 0.6) is 5.75 Å². The zero-order valence-electron chi connectivity index (χ0n) is 17.8. The second-order valence-electron chi connectivity index (χ2n) is 7.36. The largest absolute Gasteiger partial charge is 0.495 e.